The Hall–Kier alpha value is -2.47. The topological polar surface area (TPSA) is 90.7 Å². The lowest BCUT2D eigenvalue weighted by Crippen LogP contribution is -1.88. The molecule has 3 aromatic rings. The molecule has 19 heavy (non-hydrogen) atoms. The van der Waals surface area contributed by atoms with E-state index in [1.165, 1.54) is 12.4 Å². The lowest BCUT2D eigenvalue weighted by atomic mass is 10.3. The average molecular weight is 274 g/mol. The Morgan fingerprint density at radius 3 is 2.47 bits per heavy atom. The number of hydrogen-bond donors (Lipinski definition) is 1. The van der Waals surface area contributed by atoms with Gasteiger partial charge in [-0.3, -0.25) is 4.98 Å². The molecular formula is C12H8ClN5O. The minimum absolute atomic E-state index is 0.312. The molecule has 7 heteroatoms. The van der Waals surface area contributed by atoms with E-state index in [0.29, 0.717) is 33.8 Å². The van der Waals surface area contributed by atoms with Crippen LogP contribution in [0.1, 0.15) is 0 Å². The highest BCUT2D eigenvalue weighted by atomic mass is 35.5. The van der Waals surface area contributed by atoms with Crippen molar-refractivity contribution in [2.75, 3.05) is 5.73 Å². The van der Waals surface area contributed by atoms with Gasteiger partial charge in [-0.2, -0.15) is 4.98 Å². The van der Waals surface area contributed by atoms with Gasteiger partial charge in [-0.1, -0.05) is 16.8 Å². The number of nitrogens with two attached hydrogens (primary N) is 1. The number of hydrogen-bond acceptors (Lipinski definition) is 6. The normalized spacial score (nSPS) is 10.6. The molecule has 2 N–H and O–H groups in total. The van der Waals surface area contributed by atoms with Crippen LogP contribution in [0.4, 0.5) is 5.69 Å². The van der Waals surface area contributed by atoms with Gasteiger partial charge in [0.15, 0.2) is 0 Å². The third-order valence-electron chi connectivity index (χ3n) is 2.39. The molecule has 0 saturated carbocycles. The highest BCUT2D eigenvalue weighted by Gasteiger charge is 2.12. The minimum atomic E-state index is 0.312. The summed E-state index contributed by atoms with van der Waals surface area (Å²) in [5, 5.41) is 4.40. The summed E-state index contributed by atoms with van der Waals surface area (Å²) < 4.78 is 5.14. The third-order valence-corrected chi connectivity index (χ3v) is 2.61. The number of nitrogen functional groups attached to an aromatic ring is 1. The van der Waals surface area contributed by atoms with Crippen molar-refractivity contribution >= 4 is 17.3 Å². The molecule has 3 aromatic heterocycles. The van der Waals surface area contributed by atoms with Crippen LogP contribution >= 0.6 is 11.6 Å². The summed E-state index contributed by atoms with van der Waals surface area (Å²) in [7, 11) is 0. The maximum atomic E-state index is 5.77. The van der Waals surface area contributed by atoms with Crippen LogP contribution in [-0.4, -0.2) is 20.1 Å². The molecule has 0 aliphatic heterocycles. The van der Waals surface area contributed by atoms with Gasteiger partial charge in [-0.15, -0.1) is 0 Å². The zero-order valence-corrected chi connectivity index (χ0v) is 10.4. The molecule has 6 nitrogen and oxygen atoms in total. The first kappa shape index (κ1) is 11.6. The Balaban J connectivity index is 1.95. The third kappa shape index (κ3) is 2.38. The van der Waals surface area contributed by atoms with Gasteiger partial charge >= 0.3 is 0 Å². The van der Waals surface area contributed by atoms with Crippen molar-refractivity contribution < 1.29 is 4.52 Å². The van der Waals surface area contributed by atoms with E-state index in [1.54, 1.807) is 24.3 Å². The highest BCUT2D eigenvalue weighted by molar-refractivity contribution is 6.30. The highest BCUT2D eigenvalue weighted by Crippen LogP contribution is 2.20. The molecule has 0 amide bonds. The van der Waals surface area contributed by atoms with Crippen molar-refractivity contribution in [1.82, 2.24) is 20.1 Å². The quantitative estimate of drug-likeness (QED) is 0.771. The number of aromatic nitrogens is 4. The molecule has 0 saturated heterocycles. The fourth-order valence-corrected chi connectivity index (χ4v) is 1.58. The first-order valence-electron chi connectivity index (χ1n) is 5.40. The summed E-state index contributed by atoms with van der Waals surface area (Å²) in [4.78, 5) is 12.4. The van der Waals surface area contributed by atoms with Crippen LogP contribution < -0.4 is 5.73 Å². The number of halogens is 1. The van der Waals surface area contributed by atoms with Crippen LogP contribution in [0.5, 0.6) is 0 Å². The van der Waals surface area contributed by atoms with Crippen molar-refractivity contribution in [3.8, 4) is 23.1 Å². The van der Waals surface area contributed by atoms with Crippen LogP contribution in [0.15, 0.2) is 41.2 Å². The fourth-order valence-electron chi connectivity index (χ4n) is 1.47. The van der Waals surface area contributed by atoms with Gasteiger partial charge in [-0.05, 0) is 24.3 Å². The molecule has 0 aliphatic carbocycles. The van der Waals surface area contributed by atoms with Crippen LogP contribution in [-0.2, 0) is 0 Å². The van der Waals surface area contributed by atoms with Gasteiger partial charge in [-0.25, -0.2) is 4.98 Å². The molecule has 0 atom stereocenters. The van der Waals surface area contributed by atoms with Crippen molar-refractivity contribution in [3.63, 3.8) is 0 Å². The Kier molecular flexibility index (Phi) is 2.85. The summed E-state index contributed by atoms with van der Waals surface area (Å²) in [5.41, 5.74) is 7.27. The zero-order chi connectivity index (χ0) is 13.2. The second kappa shape index (κ2) is 4.66. The largest absolute Gasteiger partial charge is 0.397 e. The molecule has 3 heterocycles. The standard InChI is InChI=1S/C12H8ClN5O/c13-7-1-3-9(15-5-7)11-17-12(19-18-11)10-4-2-8(14)6-16-10/h1-6H,14H2. The lowest BCUT2D eigenvalue weighted by molar-refractivity contribution is 0.431. The molecule has 0 unspecified atom stereocenters. The molecule has 0 bridgehead atoms. The summed E-state index contributed by atoms with van der Waals surface area (Å²) >= 11 is 5.77. The Morgan fingerprint density at radius 1 is 1.00 bits per heavy atom. The minimum Gasteiger partial charge on any atom is -0.397 e. The van der Waals surface area contributed by atoms with Gasteiger partial charge < -0.3 is 10.3 Å². The van der Waals surface area contributed by atoms with Crippen molar-refractivity contribution in [3.05, 3.63) is 41.7 Å². The predicted molar refractivity (Wildman–Crippen MR) is 70.2 cm³/mol. The second-order valence-electron chi connectivity index (χ2n) is 3.76. The molecule has 94 valence electrons. The fraction of sp³-hybridized carbons (Fsp3) is 0. The van der Waals surface area contributed by atoms with E-state index < -0.39 is 0 Å². The molecule has 0 spiro atoms. The van der Waals surface area contributed by atoms with E-state index in [9.17, 15) is 0 Å². The van der Waals surface area contributed by atoms with Gasteiger partial charge in [0.1, 0.15) is 11.4 Å². The summed E-state index contributed by atoms with van der Waals surface area (Å²) in [6.45, 7) is 0. The van der Waals surface area contributed by atoms with Gasteiger partial charge in [0, 0.05) is 6.20 Å². The van der Waals surface area contributed by atoms with Gasteiger partial charge in [0.25, 0.3) is 5.89 Å². The molecular weight excluding hydrogens is 266 g/mol. The van der Waals surface area contributed by atoms with E-state index in [1.807, 2.05) is 0 Å². The van der Waals surface area contributed by atoms with Crippen LogP contribution in [0.3, 0.4) is 0 Å². The summed E-state index contributed by atoms with van der Waals surface area (Å²) in [5.74, 6) is 0.692. The number of rotatable bonds is 2. The summed E-state index contributed by atoms with van der Waals surface area (Å²) in [6.07, 6.45) is 3.05. The lowest BCUT2D eigenvalue weighted by Gasteiger charge is -1.94. The Labute approximate surface area is 113 Å². The van der Waals surface area contributed by atoms with Gasteiger partial charge in [0.05, 0.1) is 16.9 Å². The van der Waals surface area contributed by atoms with Crippen molar-refractivity contribution in [2.45, 2.75) is 0 Å². The SMILES string of the molecule is Nc1ccc(-c2nc(-c3ccc(Cl)cn3)no2)nc1. The number of nitrogens with zero attached hydrogens (tertiary/aromatic N) is 4. The maximum absolute atomic E-state index is 5.77. The number of anilines is 1. The smallest absolute Gasteiger partial charge is 0.276 e. The zero-order valence-electron chi connectivity index (χ0n) is 9.62. The molecule has 0 radical (unpaired) electrons. The van der Waals surface area contributed by atoms with E-state index >= 15 is 0 Å². The summed E-state index contributed by atoms with van der Waals surface area (Å²) in [6, 6.07) is 6.85. The maximum Gasteiger partial charge on any atom is 0.276 e. The van der Waals surface area contributed by atoms with Crippen LogP contribution in [0.25, 0.3) is 23.1 Å². The van der Waals surface area contributed by atoms with E-state index in [0.717, 1.165) is 0 Å². The first-order chi connectivity index (χ1) is 9.22. The van der Waals surface area contributed by atoms with E-state index in [-0.39, 0.29) is 0 Å². The molecule has 0 aromatic carbocycles. The van der Waals surface area contributed by atoms with Gasteiger partial charge in [0.2, 0.25) is 5.82 Å². The van der Waals surface area contributed by atoms with Crippen molar-refractivity contribution in [1.29, 1.82) is 0 Å². The Morgan fingerprint density at radius 2 is 1.79 bits per heavy atom. The predicted octanol–water partition coefficient (Wildman–Crippen LogP) is 2.43. The van der Waals surface area contributed by atoms with Crippen LogP contribution in [0, 0.1) is 0 Å². The molecule has 0 aliphatic rings. The Bertz CT molecular complexity index is 633. The average Bonchev–Trinajstić information content (AvgIpc) is 2.90. The molecule has 0 fully saturated rings. The van der Waals surface area contributed by atoms with Crippen LogP contribution in [0.2, 0.25) is 5.02 Å². The number of pyridine rings is 2. The monoisotopic (exact) mass is 273 g/mol. The van der Waals surface area contributed by atoms with E-state index in [2.05, 4.69) is 20.1 Å². The first-order valence-corrected chi connectivity index (χ1v) is 5.78. The van der Waals surface area contributed by atoms with E-state index in [4.69, 9.17) is 21.9 Å². The molecule has 3 rings (SSSR count). The van der Waals surface area contributed by atoms with Crippen molar-refractivity contribution in [2.24, 2.45) is 0 Å². The second-order valence-corrected chi connectivity index (χ2v) is 4.20.